The predicted octanol–water partition coefficient (Wildman–Crippen LogP) is 2.83. The van der Waals surface area contributed by atoms with Crippen LogP contribution in [0.15, 0.2) is 27.6 Å². The molecule has 1 rings (SSSR count). The molecule has 0 aliphatic rings. The van der Waals surface area contributed by atoms with Crippen LogP contribution in [0.1, 0.15) is 33.6 Å². The first-order valence-electron chi connectivity index (χ1n) is 6.66. The number of anilines is 1. The zero-order chi connectivity index (χ0) is 15.3. The smallest absolute Gasteiger partial charge is 0.236 e. The molecule has 3 N–H and O–H groups in total. The average molecular weight is 361 g/mol. The van der Waals surface area contributed by atoms with Gasteiger partial charge < -0.3 is 11.1 Å². The summed E-state index contributed by atoms with van der Waals surface area (Å²) >= 11 is 3.30. The van der Waals surface area contributed by atoms with E-state index in [-0.39, 0.29) is 11.9 Å². The molecule has 1 aromatic carbocycles. The van der Waals surface area contributed by atoms with Gasteiger partial charge in [-0.05, 0) is 38.0 Å². The summed E-state index contributed by atoms with van der Waals surface area (Å²) in [6.45, 7) is 5.70. The summed E-state index contributed by atoms with van der Waals surface area (Å²) in [6, 6.07) is 5.29. The van der Waals surface area contributed by atoms with Gasteiger partial charge in [0.2, 0.25) is 5.91 Å². The number of amides is 1. The fourth-order valence-corrected chi connectivity index (χ4v) is 3.32. The highest BCUT2D eigenvalue weighted by Gasteiger charge is 2.24. The standard InChI is InChI=1S/C14H21BrN2O2S/c1-4-11(5-2)17-14(18)9(3)20(19)13-7-6-10(15)8-12(13)16/h6-9,11H,4-5,16H2,1-3H3,(H,17,18). The van der Waals surface area contributed by atoms with Crippen LogP contribution in [-0.2, 0) is 15.6 Å². The number of benzene rings is 1. The van der Waals surface area contributed by atoms with Crippen molar-refractivity contribution in [1.82, 2.24) is 5.32 Å². The van der Waals surface area contributed by atoms with E-state index in [2.05, 4.69) is 21.2 Å². The second-order valence-corrected chi connectivity index (χ2v) is 7.30. The van der Waals surface area contributed by atoms with Gasteiger partial charge in [-0.3, -0.25) is 9.00 Å². The monoisotopic (exact) mass is 360 g/mol. The third-order valence-corrected chi connectivity index (χ3v) is 5.37. The number of hydrogen-bond acceptors (Lipinski definition) is 3. The van der Waals surface area contributed by atoms with Gasteiger partial charge >= 0.3 is 0 Å². The first-order valence-corrected chi connectivity index (χ1v) is 8.67. The third kappa shape index (κ3) is 4.31. The normalized spacial score (nSPS) is 14.1. The second kappa shape index (κ2) is 7.78. The Kier molecular flexibility index (Phi) is 6.68. The Morgan fingerprint density at radius 1 is 1.40 bits per heavy atom. The molecule has 6 heteroatoms. The summed E-state index contributed by atoms with van der Waals surface area (Å²) in [5, 5.41) is 2.29. The van der Waals surface area contributed by atoms with Crippen molar-refractivity contribution in [3.63, 3.8) is 0 Å². The average Bonchev–Trinajstić information content (AvgIpc) is 2.42. The van der Waals surface area contributed by atoms with Crippen molar-refractivity contribution in [3.05, 3.63) is 22.7 Å². The van der Waals surface area contributed by atoms with Crippen molar-refractivity contribution in [2.24, 2.45) is 0 Å². The second-order valence-electron chi connectivity index (χ2n) is 4.64. The lowest BCUT2D eigenvalue weighted by molar-refractivity contribution is -0.121. The van der Waals surface area contributed by atoms with Crippen LogP contribution in [0.25, 0.3) is 0 Å². The van der Waals surface area contributed by atoms with Crippen molar-refractivity contribution >= 4 is 38.3 Å². The van der Waals surface area contributed by atoms with Crippen molar-refractivity contribution < 1.29 is 9.00 Å². The number of hydrogen-bond donors (Lipinski definition) is 2. The van der Waals surface area contributed by atoms with Gasteiger partial charge in [0.15, 0.2) is 0 Å². The minimum Gasteiger partial charge on any atom is -0.398 e. The number of carbonyl (C=O) groups is 1. The summed E-state index contributed by atoms with van der Waals surface area (Å²) in [5.41, 5.74) is 6.29. The zero-order valence-corrected chi connectivity index (χ0v) is 14.4. The van der Waals surface area contributed by atoms with Crippen LogP contribution in [0, 0.1) is 0 Å². The number of nitrogens with two attached hydrogens (primary N) is 1. The summed E-state index contributed by atoms with van der Waals surface area (Å²) in [4.78, 5) is 12.6. The van der Waals surface area contributed by atoms with E-state index >= 15 is 0 Å². The quantitative estimate of drug-likeness (QED) is 0.766. The summed E-state index contributed by atoms with van der Waals surface area (Å²) in [5.74, 6) is -0.195. The van der Waals surface area contributed by atoms with E-state index in [1.54, 1.807) is 25.1 Å². The Bertz CT molecular complexity index is 504. The van der Waals surface area contributed by atoms with Crippen LogP contribution in [0.5, 0.6) is 0 Å². The van der Waals surface area contributed by atoms with E-state index in [9.17, 15) is 9.00 Å². The summed E-state index contributed by atoms with van der Waals surface area (Å²) in [7, 11) is -1.46. The number of halogens is 1. The molecule has 0 radical (unpaired) electrons. The molecule has 112 valence electrons. The maximum Gasteiger partial charge on any atom is 0.236 e. The topological polar surface area (TPSA) is 72.2 Å². The molecule has 0 fully saturated rings. The Hall–Kier alpha value is -0.880. The number of carbonyl (C=O) groups excluding carboxylic acids is 1. The van der Waals surface area contributed by atoms with E-state index in [1.165, 1.54) is 0 Å². The highest BCUT2D eigenvalue weighted by molar-refractivity contribution is 9.10. The largest absolute Gasteiger partial charge is 0.398 e. The van der Waals surface area contributed by atoms with Gasteiger partial charge in [-0.25, -0.2) is 0 Å². The molecule has 0 aliphatic carbocycles. The van der Waals surface area contributed by atoms with Gasteiger partial charge in [0.05, 0.1) is 15.7 Å². The van der Waals surface area contributed by atoms with Gasteiger partial charge in [0.1, 0.15) is 5.25 Å². The van der Waals surface area contributed by atoms with Crippen LogP contribution in [0.4, 0.5) is 5.69 Å². The van der Waals surface area contributed by atoms with Crippen molar-refractivity contribution in [2.75, 3.05) is 5.73 Å². The van der Waals surface area contributed by atoms with E-state index in [1.807, 2.05) is 13.8 Å². The lowest BCUT2D eigenvalue weighted by atomic mass is 10.2. The highest BCUT2D eigenvalue weighted by Crippen LogP contribution is 2.23. The molecule has 0 bridgehead atoms. The molecular weight excluding hydrogens is 340 g/mol. The summed E-state index contributed by atoms with van der Waals surface area (Å²) < 4.78 is 13.3. The zero-order valence-electron chi connectivity index (χ0n) is 12.0. The SMILES string of the molecule is CCC(CC)NC(=O)C(C)S(=O)c1ccc(Br)cc1N. The van der Waals surface area contributed by atoms with Crippen LogP contribution >= 0.6 is 15.9 Å². The fourth-order valence-electron chi connectivity index (χ4n) is 1.80. The molecule has 0 spiro atoms. The first kappa shape index (κ1) is 17.2. The fraction of sp³-hybridized carbons (Fsp3) is 0.500. The van der Waals surface area contributed by atoms with Crippen LogP contribution in [-0.4, -0.2) is 21.4 Å². The Morgan fingerprint density at radius 3 is 2.50 bits per heavy atom. The molecule has 0 saturated heterocycles. The maximum atomic E-state index is 12.4. The molecule has 1 aromatic rings. The van der Waals surface area contributed by atoms with Crippen molar-refractivity contribution in [2.45, 2.75) is 49.8 Å². The molecule has 2 atom stereocenters. The van der Waals surface area contributed by atoms with Gasteiger partial charge in [0.25, 0.3) is 0 Å². The molecule has 0 aromatic heterocycles. The number of nitrogen functional groups attached to an aromatic ring is 1. The van der Waals surface area contributed by atoms with Crippen molar-refractivity contribution in [1.29, 1.82) is 0 Å². The van der Waals surface area contributed by atoms with E-state index in [0.717, 1.165) is 17.3 Å². The number of nitrogens with one attached hydrogen (secondary N) is 1. The highest BCUT2D eigenvalue weighted by atomic mass is 79.9. The summed E-state index contributed by atoms with van der Waals surface area (Å²) in [6.07, 6.45) is 1.73. The molecule has 0 heterocycles. The van der Waals surface area contributed by atoms with Crippen LogP contribution in [0.2, 0.25) is 0 Å². The Balaban J connectivity index is 2.83. The minimum atomic E-state index is -1.46. The van der Waals surface area contributed by atoms with E-state index in [0.29, 0.717) is 10.6 Å². The molecule has 2 unspecified atom stereocenters. The lowest BCUT2D eigenvalue weighted by Crippen LogP contribution is -2.41. The molecule has 0 aliphatic heterocycles. The van der Waals surface area contributed by atoms with Gasteiger partial charge in [0, 0.05) is 16.2 Å². The van der Waals surface area contributed by atoms with Gasteiger partial charge in [-0.2, -0.15) is 0 Å². The minimum absolute atomic E-state index is 0.129. The predicted molar refractivity (Wildman–Crippen MR) is 86.9 cm³/mol. The van der Waals surface area contributed by atoms with Crippen molar-refractivity contribution in [3.8, 4) is 0 Å². The number of rotatable bonds is 6. The first-order chi connectivity index (χ1) is 9.40. The molecule has 20 heavy (non-hydrogen) atoms. The maximum absolute atomic E-state index is 12.4. The Labute approximate surface area is 131 Å². The van der Waals surface area contributed by atoms with Crippen LogP contribution in [0.3, 0.4) is 0 Å². The van der Waals surface area contributed by atoms with Gasteiger partial charge in [-0.15, -0.1) is 0 Å². The van der Waals surface area contributed by atoms with E-state index in [4.69, 9.17) is 5.73 Å². The third-order valence-electron chi connectivity index (χ3n) is 3.21. The Morgan fingerprint density at radius 2 is 2.00 bits per heavy atom. The molecular formula is C14H21BrN2O2S. The van der Waals surface area contributed by atoms with Crippen LogP contribution < -0.4 is 11.1 Å². The molecule has 4 nitrogen and oxygen atoms in total. The lowest BCUT2D eigenvalue weighted by Gasteiger charge is -2.18. The molecule has 1 amide bonds. The molecule has 0 saturated carbocycles. The van der Waals surface area contributed by atoms with E-state index < -0.39 is 16.0 Å². The van der Waals surface area contributed by atoms with Gasteiger partial charge in [-0.1, -0.05) is 29.8 Å².